The molecule has 50 valence electrons. The lowest BCUT2D eigenvalue weighted by atomic mass is 10.2. The summed E-state index contributed by atoms with van der Waals surface area (Å²) < 4.78 is 0. The predicted molar refractivity (Wildman–Crippen MR) is 42.1 cm³/mol. The minimum Gasteiger partial charge on any atom is -0.398 e. The Kier molecular flexibility index (Phi) is 3.10. The SMILES string of the molecule is C=C(Cl)/C=C(/N)C(=C)C. The smallest absolute Gasteiger partial charge is 0.0354 e. The zero-order valence-corrected chi connectivity index (χ0v) is 6.20. The normalized spacial score (nSPS) is 11.1. The van der Waals surface area contributed by atoms with E-state index in [9.17, 15) is 0 Å². The van der Waals surface area contributed by atoms with Gasteiger partial charge in [0.05, 0.1) is 0 Å². The lowest BCUT2D eigenvalue weighted by Gasteiger charge is -1.95. The van der Waals surface area contributed by atoms with Crippen LogP contribution in [0.1, 0.15) is 6.92 Å². The first kappa shape index (κ1) is 8.31. The van der Waals surface area contributed by atoms with Gasteiger partial charge in [0.2, 0.25) is 0 Å². The van der Waals surface area contributed by atoms with Gasteiger partial charge in [-0.25, -0.2) is 0 Å². The number of rotatable bonds is 2. The Hall–Kier alpha value is -0.690. The van der Waals surface area contributed by atoms with Crippen molar-refractivity contribution in [1.29, 1.82) is 0 Å². The summed E-state index contributed by atoms with van der Waals surface area (Å²) in [6.45, 7) is 8.87. The highest BCUT2D eigenvalue weighted by molar-refractivity contribution is 6.30. The van der Waals surface area contributed by atoms with Crippen molar-refractivity contribution in [3.63, 3.8) is 0 Å². The third-order valence-electron chi connectivity index (χ3n) is 0.805. The van der Waals surface area contributed by atoms with Crippen molar-refractivity contribution in [3.05, 3.63) is 35.5 Å². The van der Waals surface area contributed by atoms with Gasteiger partial charge in [-0.15, -0.1) is 0 Å². The van der Waals surface area contributed by atoms with Crippen LogP contribution >= 0.6 is 11.6 Å². The fourth-order valence-corrected chi connectivity index (χ4v) is 0.409. The van der Waals surface area contributed by atoms with Gasteiger partial charge in [0.15, 0.2) is 0 Å². The monoisotopic (exact) mass is 143 g/mol. The summed E-state index contributed by atoms with van der Waals surface area (Å²) in [5.74, 6) is 0. The van der Waals surface area contributed by atoms with Gasteiger partial charge < -0.3 is 5.73 Å². The lowest BCUT2D eigenvalue weighted by molar-refractivity contribution is 1.30. The summed E-state index contributed by atoms with van der Waals surface area (Å²) >= 11 is 5.42. The Bertz CT molecular complexity index is 168. The molecule has 0 amide bonds. The molecule has 0 aromatic rings. The first-order chi connectivity index (χ1) is 4.04. The Morgan fingerprint density at radius 2 is 2.00 bits per heavy atom. The summed E-state index contributed by atoms with van der Waals surface area (Å²) in [6.07, 6.45) is 1.57. The quantitative estimate of drug-likeness (QED) is 0.589. The summed E-state index contributed by atoms with van der Waals surface area (Å²) in [7, 11) is 0. The molecule has 0 aliphatic rings. The second-order valence-electron chi connectivity index (χ2n) is 1.83. The molecule has 1 nitrogen and oxygen atoms in total. The van der Waals surface area contributed by atoms with Crippen molar-refractivity contribution in [1.82, 2.24) is 0 Å². The van der Waals surface area contributed by atoms with Crippen molar-refractivity contribution < 1.29 is 0 Å². The highest BCUT2D eigenvalue weighted by atomic mass is 35.5. The van der Waals surface area contributed by atoms with E-state index in [1.54, 1.807) is 6.08 Å². The van der Waals surface area contributed by atoms with E-state index in [0.29, 0.717) is 10.7 Å². The van der Waals surface area contributed by atoms with Crippen LogP contribution in [0.4, 0.5) is 0 Å². The van der Waals surface area contributed by atoms with Crippen molar-refractivity contribution in [2.24, 2.45) is 5.73 Å². The molecule has 0 bridgehead atoms. The van der Waals surface area contributed by atoms with E-state index in [1.165, 1.54) is 0 Å². The van der Waals surface area contributed by atoms with Gasteiger partial charge >= 0.3 is 0 Å². The number of allylic oxidation sites excluding steroid dienone is 3. The predicted octanol–water partition coefficient (Wildman–Crippen LogP) is 2.16. The number of nitrogens with two attached hydrogens (primary N) is 1. The van der Waals surface area contributed by atoms with Gasteiger partial charge in [-0.2, -0.15) is 0 Å². The molecule has 0 spiro atoms. The van der Waals surface area contributed by atoms with E-state index < -0.39 is 0 Å². The fraction of sp³-hybridized carbons (Fsp3) is 0.143. The maximum atomic E-state index is 5.43. The van der Waals surface area contributed by atoms with Crippen molar-refractivity contribution in [3.8, 4) is 0 Å². The fourth-order valence-electron chi connectivity index (χ4n) is 0.292. The summed E-state index contributed by atoms with van der Waals surface area (Å²) in [5.41, 5.74) is 6.82. The average molecular weight is 144 g/mol. The number of hydrogen-bond acceptors (Lipinski definition) is 1. The number of halogens is 1. The molecule has 0 saturated carbocycles. The van der Waals surface area contributed by atoms with Gasteiger partial charge in [0.25, 0.3) is 0 Å². The maximum absolute atomic E-state index is 5.43. The second-order valence-corrected chi connectivity index (χ2v) is 2.31. The van der Waals surface area contributed by atoms with Crippen molar-refractivity contribution in [2.75, 3.05) is 0 Å². The Morgan fingerprint density at radius 3 is 2.11 bits per heavy atom. The minimum atomic E-state index is 0.426. The van der Waals surface area contributed by atoms with Gasteiger partial charge in [0, 0.05) is 10.7 Å². The molecule has 0 aromatic heterocycles. The van der Waals surface area contributed by atoms with Crippen LogP contribution < -0.4 is 5.73 Å². The Morgan fingerprint density at radius 1 is 1.56 bits per heavy atom. The van der Waals surface area contributed by atoms with E-state index in [1.807, 2.05) is 6.92 Å². The minimum absolute atomic E-state index is 0.426. The van der Waals surface area contributed by atoms with Gasteiger partial charge in [-0.05, 0) is 18.6 Å². The first-order valence-corrected chi connectivity index (χ1v) is 2.89. The van der Waals surface area contributed by atoms with Gasteiger partial charge in [-0.3, -0.25) is 0 Å². The van der Waals surface area contributed by atoms with Crippen LogP contribution in [0.2, 0.25) is 0 Å². The molecule has 0 unspecified atom stereocenters. The molecular weight excluding hydrogens is 134 g/mol. The van der Waals surface area contributed by atoms with E-state index in [2.05, 4.69) is 13.2 Å². The average Bonchev–Trinajstić information content (AvgIpc) is 1.63. The molecule has 0 aliphatic heterocycles. The van der Waals surface area contributed by atoms with Crippen molar-refractivity contribution >= 4 is 11.6 Å². The van der Waals surface area contributed by atoms with Crippen LogP contribution in [-0.4, -0.2) is 0 Å². The zero-order chi connectivity index (χ0) is 7.44. The second kappa shape index (κ2) is 3.36. The first-order valence-electron chi connectivity index (χ1n) is 2.51. The van der Waals surface area contributed by atoms with Crippen LogP contribution in [0.15, 0.2) is 35.5 Å². The van der Waals surface area contributed by atoms with Crippen LogP contribution in [0.3, 0.4) is 0 Å². The van der Waals surface area contributed by atoms with Crippen LogP contribution in [0, 0.1) is 0 Å². The Balaban J connectivity index is 4.17. The number of hydrogen-bond donors (Lipinski definition) is 1. The molecule has 0 rings (SSSR count). The maximum Gasteiger partial charge on any atom is 0.0354 e. The summed E-state index contributed by atoms with van der Waals surface area (Å²) in [6, 6.07) is 0. The third-order valence-corrected chi connectivity index (χ3v) is 0.914. The Labute approximate surface area is 60.5 Å². The van der Waals surface area contributed by atoms with Crippen LogP contribution in [-0.2, 0) is 0 Å². The molecule has 0 radical (unpaired) electrons. The van der Waals surface area contributed by atoms with E-state index in [4.69, 9.17) is 17.3 Å². The molecule has 0 aliphatic carbocycles. The summed E-state index contributed by atoms with van der Waals surface area (Å²) in [4.78, 5) is 0. The largest absolute Gasteiger partial charge is 0.398 e. The third kappa shape index (κ3) is 3.86. The molecule has 0 heterocycles. The molecular formula is C7H10ClN. The van der Waals surface area contributed by atoms with Gasteiger partial charge in [-0.1, -0.05) is 24.8 Å². The zero-order valence-electron chi connectivity index (χ0n) is 5.45. The molecule has 9 heavy (non-hydrogen) atoms. The van der Waals surface area contributed by atoms with E-state index >= 15 is 0 Å². The van der Waals surface area contributed by atoms with Crippen molar-refractivity contribution in [2.45, 2.75) is 6.92 Å². The molecule has 2 heteroatoms. The van der Waals surface area contributed by atoms with Gasteiger partial charge in [0.1, 0.15) is 0 Å². The van der Waals surface area contributed by atoms with Crippen LogP contribution in [0.5, 0.6) is 0 Å². The molecule has 0 atom stereocenters. The summed E-state index contributed by atoms with van der Waals surface area (Å²) in [5, 5.41) is 0.426. The molecule has 0 fully saturated rings. The molecule has 2 N–H and O–H groups in total. The highest BCUT2D eigenvalue weighted by Gasteiger charge is 1.88. The topological polar surface area (TPSA) is 26.0 Å². The standard InChI is InChI=1S/C7H10ClN/c1-5(2)7(9)4-6(3)8/h4H,1,3,9H2,2H3/b7-4+. The lowest BCUT2D eigenvalue weighted by Crippen LogP contribution is -1.96. The highest BCUT2D eigenvalue weighted by Crippen LogP contribution is 2.05. The molecule has 0 saturated heterocycles. The molecule has 0 aromatic carbocycles. The van der Waals surface area contributed by atoms with Crippen LogP contribution in [0.25, 0.3) is 0 Å². The van der Waals surface area contributed by atoms with E-state index in [-0.39, 0.29) is 0 Å². The van der Waals surface area contributed by atoms with E-state index in [0.717, 1.165) is 5.57 Å².